The van der Waals surface area contributed by atoms with E-state index in [0.717, 1.165) is 25.1 Å². The largest absolute Gasteiger partial charge is 0.493 e. The van der Waals surface area contributed by atoms with Gasteiger partial charge in [0.2, 0.25) is 11.8 Å². The molecule has 2 rings (SSSR count). The number of carbonyl (C=O) groups is 2. The minimum Gasteiger partial charge on any atom is -0.493 e. The quantitative estimate of drug-likeness (QED) is 0.772. The van der Waals surface area contributed by atoms with Crippen LogP contribution in [-0.2, 0) is 9.59 Å². The molecule has 138 valence electrons. The third kappa shape index (κ3) is 6.05. The predicted molar refractivity (Wildman–Crippen MR) is 97.4 cm³/mol. The minimum absolute atomic E-state index is 0.0338. The Morgan fingerprint density at radius 3 is 2.56 bits per heavy atom. The lowest BCUT2D eigenvalue weighted by molar-refractivity contribution is -0.140. The monoisotopic (exact) mass is 347 g/mol. The molecule has 6 heteroatoms. The van der Waals surface area contributed by atoms with Crippen LogP contribution in [0.1, 0.15) is 19.3 Å². The first kappa shape index (κ1) is 19.2. The molecule has 1 aliphatic rings. The molecule has 1 saturated heterocycles. The van der Waals surface area contributed by atoms with Crippen LogP contribution in [-0.4, -0.2) is 68.5 Å². The molecule has 25 heavy (non-hydrogen) atoms. The number of amides is 2. The lowest BCUT2D eigenvalue weighted by atomic mass is 9.95. The Hall–Kier alpha value is -2.08. The van der Waals surface area contributed by atoms with Gasteiger partial charge in [-0.05, 0) is 32.0 Å². The smallest absolute Gasteiger partial charge is 0.225 e. The van der Waals surface area contributed by atoms with E-state index < -0.39 is 0 Å². The van der Waals surface area contributed by atoms with Crippen LogP contribution in [0, 0.1) is 5.92 Å². The maximum Gasteiger partial charge on any atom is 0.225 e. The summed E-state index contributed by atoms with van der Waals surface area (Å²) < 4.78 is 5.58. The lowest BCUT2D eigenvalue weighted by Gasteiger charge is -2.33. The van der Waals surface area contributed by atoms with Crippen LogP contribution in [0.4, 0.5) is 0 Å². The zero-order chi connectivity index (χ0) is 18.1. The van der Waals surface area contributed by atoms with Crippen molar-refractivity contribution in [2.75, 3.05) is 46.9 Å². The van der Waals surface area contributed by atoms with Gasteiger partial charge in [-0.25, -0.2) is 0 Å². The van der Waals surface area contributed by atoms with E-state index >= 15 is 0 Å². The molecule has 1 fully saturated rings. The van der Waals surface area contributed by atoms with Crippen molar-refractivity contribution in [3.8, 4) is 5.75 Å². The van der Waals surface area contributed by atoms with Gasteiger partial charge in [0.25, 0.3) is 0 Å². The number of para-hydroxylation sites is 1. The standard InChI is InChI=1S/C19H29N3O3/c1-20-11-14-21(2)19(24)16-8-12-22(13-9-16)18(23)10-15-25-17-6-4-3-5-7-17/h3-7,16,20H,8-15H2,1-2H3. The van der Waals surface area contributed by atoms with Crippen LogP contribution in [0.5, 0.6) is 5.75 Å². The Kier molecular flexibility index (Phi) is 7.73. The number of carbonyl (C=O) groups excluding carboxylic acids is 2. The minimum atomic E-state index is 0.0338. The summed E-state index contributed by atoms with van der Waals surface area (Å²) in [6.45, 7) is 3.20. The highest BCUT2D eigenvalue weighted by molar-refractivity contribution is 5.80. The van der Waals surface area contributed by atoms with Crippen molar-refractivity contribution in [3.63, 3.8) is 0 Å². The molecule has 0 unspecified atom stereocenters. The fourth-order valence-electron chi connectivity index (χ4n) is 3.01. The van der Waals surface area contributed by atoms with E-state index in [2.05, 4.69) is 5.32 Å². The molecule has 0 atom stereocenters. The maximum atomic E-state index is 12.4. The molecule has 0 aliphatic carbocycles. The van der Waals surface area contributed by atoms with Gasteiger partial charge in [-0.15, -0.1) is 0 Å². The van der Waals surface area contributed by atoms with E-state index in [1.165, 1.54) is 0 Å². The van der Waals surface area contributed by atoms with Crippen molar-refractivity contribution in [1.82, 2.24) is 15.1 Å². The third-order valence-electron chi connectivity index (χ3n) is 4.60. The Bertz CT molecular complexity index is 542. The van der Waals surface area contributed by atoms with Gasteiger partial charge in [0.05, 0.1) is 13.0 Å². The number of likely N-dealkylation sites (N-methyl/N-ethyl adjacent to an activating group) is 2. The molecular weight excluding hydrogens is 318 g/mol. The van der Waals surface area contributed by atoms with Crippen LogP contribution in [0.2, 0.25) is 0 Å². The fourth-order valence-corrected chi connectivity index (χ4v) is 3.01. The normalized spacial score (nSPS) is 15.0. The Labute approximate surface area is 150 Å². The summed E-state index contributed by atoms with van der Waals surface area (Å²) in [4.78, 5) is 28.3. The molecule has 6 nitrogen and oxygen atoms in total. The first-order valence-corrected chi connectivity index (χ1v) is 8.97. The van der Waals surface area contributed by atoms with Crippen molar-refractivity contribution in [3.05, 3.63) is 30.3 Å². The molecule has 1 aliphatic heterocycles. The fraction of sp³-hybridized carbons (Fsp3) is 0.579. The number of hydrogen-bond donors (Lipinski definition) is 1. The van der Waals surface area contributed by atoms with E-state index in [1.807, 2.05) is 49.3 Å². The number of benzene rings is 1. The number of ether oxygens (including phenoxy) is 1. The molecular formula is C19H29N3O3. The van der Waals surface area contributed by atoms with E-state index in [-0.39, 0.29) is 17.7 Å². The number of piperidine rings is 1. The van der Waals surface area contributed by atoms with Crippen LogP contribution in [0.25, 0.3) is 0 Å². The summed E-state index contributed by atoms with van der Waals surface area (Å²) in [5.41, 5.74) is 0. The average molecular weight is 347 g/mol. The van der Waals surface area contributed by atoms with Crippen molar-refractivity contribution >= 4 is 11.8 Å². The summed E-state index contributed by atoms with van der Waals surface area (Å²) in [6.07, 6.45) is 1.86. The summed E-state index contributed by atoms with van der Waals surface area (Å²) in [7, 11) is 3.72. The van der Waals surface area contributed by atoms with E-state index in [0.29, 0.717) is 32.7 Å². The highest BCUT2D eigenvalue weighted by Gasteiger charge is 2.28. The molecule has 0 bridgehead atoms. The molecule has 1 heterocycles. The Morgan fingerprint density at radius 1 is 1.24 bits per heavy atom. The van der Waals surface area contributed by atoms with Gasteiger partial charge in [0.15, 0.2) is 0 Å². The third-order valence-corrected chi connectivity index (χ3v) is 4.60. The second-order valence-corrected chi connectivity index (χ2v) is 6.43. The number of rotatable bonds is 8. The van der Waals surface area contributed by atoms with Crippen molar-refractivity contribution < 1.29 is 14.3 Å². The van der Waals surface area contributed by atoms with Crippen LogP contribution >= 0.6 is 0 Å². The highest BCUT2D eigenvalue weighted by Crippen LogP contribution is 2.20. The molecule has 1 aromatic rings. The summed E-state index contributed by atoms with van der Waals surface area (Å²) >= 11 is 0. The Balaban J connectivity index is 1.68. The maximum absolute atomic E-state index is 12.4. The topological polar surface area (TPSA) is 61.9 Å². The molecule has 0 saturated carbocycles. The lowest BCUT2D eigenvalue weighted by Crippen LogP contribution is -2.44. The van der Waals surface area contributed by atoms with Gasteiger partial charge in [0.1, 0.15) is 5.75 Å². The molecule has 1 N–H and O–H groups in total. The number of hydrogen-bond acceptors (Lipinski definition) is 4. The number of nitrogens with zero attached hydrogens (tertiary/aromatic N) is 2. The Morgan fingerprint density at radius 2 is 1.92 bits per heavy atom. The van der Waals surface area contributed by atoms with Crippen molar-refractivity contribution in [2.24, 2.45) is 5.92 Å². The average Bonchev–Trinajstić information content (AvgIpc) is 2.66. The number of nitrogens with one attached hydrogen (secondary N) is 1. The summed E-state index contributed by atoms with van der Waals surface area (Å²) in [5, 5.41) is 3.05. The first-order valence-electron chi connectivity index (χ1n) is 8.97. The van der Waals surface area contributed by atoms with Gasteiger partial charge in [0, 0.05) is 39.1 Å². The van der Waals surface area contributed by atoms with Gasteiger partial charge in [-0.2, -0.15) is 0 Å². The highest BCUT2D eigenvalue weighted by atomic mass is 16.5. The van der Waals surface area contributed by atoms with Crippen LogP contribution in [0.15, 0.2) is 30.3 Å². The zero-order valence-corrected chi connectivity index (χ0v) is 15.2. The van der Waals surface area contributed by atoms with Gasteiger partial charge in [-0.1, -0.05) is 18.2 Å². The summed E-state index contributed by atoms with van der Waals surface area (Å²) in [6, 6.07) is 9.51. The number of likely N-dealkylation sites (tertiary alicyclic amines) is 1. The van der Waals surface area contributed by atoms with E-state index in [1.54, 1.807) is 4.90 Å². The van der Waals surface area contributed by atoms with Gasteiger partial charge < -0.3 is 19.9 Å². The van der Waals surface area contributed by atoms with Crippen molar-refractivity contribution in [1.29, 1.82) is 0 Å². The van der Waals surface area contributed by atoms with Gasteiger partial charge in [-0.3, -0.25) is 9.59 Å². The molecule has 1 aromatic carbocycles. The van der Waals surface area contributed by atoms with Crippen LogP contribution < -0.4 is 10.1 Å². The molecule has 2 amide bonds. The van der Waals surface area contributed by atoms with E-state index in [4.69, 9.17) is 4.74 Å². The molecule has 0 spiro atoms. The zero-order valence-electron chi connectivity index (χ0n) is 15.2. The van der Waals surface area contributed by atoms with Crippen LogP contribution in [0.3, 0.4) is 0 Å². The SMILES string of the molecule is CNCCN(C)C(=O)C1CCN(C(=O)CCOc2ccccc2)CC1. The second kappa shape index (κ2) is 10.0. The molecule has 0 radical (unpaired) electrons. The van der Waals surface area contributed by atoms with Gasteiger partial charge >= 0.3 is 0 Å². The first-order chi connectivity index (χ1) is 12.1. The molecule has 0 aromatic heterocycles. The van der Waals surface area contributed by atoms with Crippen molar-refractivity contribution in [2.45, 2.75) is 19.3 Å². The second-order valence-electron chi connectivity index (χ2n) is 6.43. The van der Waals surface area contributed by atoms with E-state index in [9.17, 15) is 9.59 Å². The predicted octanol–water partition coefficient (Wildman–Crippen LogP) is 1.37. The summed E-state index contributed by atoms with van der Waals surface area (Å²) in [5.74, 6) is 1.11.